The molecule has 2 N–H and O–H groups in total. The number of carbonyl (C=O) groups is 2. The van der Waals surface area contributed by atoms with Gasteiger partial charge in [-0.05, 0) is 17.7 Å². The Labute approximate surface area is 140 Å². The van der Waals surface area contributed by atoms with Gasteiger partial charge in [-0.2, -0.15) is 0 Å². The van der Waals surface area contributed by atoms with E-state index in [0.717, 1.165) is 12.0 Å². The first-order chi connectivity index (χ1) is 11.6. The maximum absolute atomic E-state index is 11.2. The Hall–Kier alpha value is -3.08. The molecule has 1 amide bonds. The maximum atomic E-state index is 11.2. The van der Waals surface area contributed by atoms with Crippen LogP contribution in [0.25, 0.3) is 6.08 Å². The van der Waals surface area contributed by atoms with E-state index in [4.69, 9.17) is 4.74 Å². The Morgan fingerprint density at radius 3 is 2.42 bits per heavy atom. The van der Waals surface area contributed by atoms with Crippen LogP contribution in [0, 0.1) is 0 Å². The summed E-state index contributed by atoms with van der Waals surface area (Å²) in [5, 5.41) is 11.5. The van der Waals surface area contributed by atoms with E-state index < -0.39 is 11.9 Å². The first kappa shape index (κ1) is 17.3. The van der Waals surface area contributed by atoms with Crippen LogP contribution in [-0.4, -0.2) is 23.6 Å². The zero-order valence-electron chi connectivity index (χ0n) is 13.4. The molecule has 5 heteroatoms. The number of ether oxygens (including phenoxy) is 1. The molecule has 2 rings (SSSR count). The second-order valence-electron chi connectivity index (χ2n) is 5.17. The van der Waals surface area contributed by atoms with Crippen molar-refractivity contribution in [3.63, 3.8) is 0 Å². The Morgan fingerprint density at radius 1 is 1.08 bits per heavy atom. The maximum Gasteiger partial charge on any atom is 0.352 e. The molecule has 0 unspecified atom stereocenters. The summed E-state index contributed by atoms with van der Waals surface area (Å²) in [5.74, 6) is -1.08. The minimum atomic E-state index is -1.20. The molecule has 124 valence electrons. The van der Waals surface area contributed by atoms with Gasteiger partial charge in [-0.25, -0.2) is 4.79 Å². The predicted octanol–water partition coefficient (Wildman–Crippen LogP) is 2.87. The third kappa shape index (κ3) is 5.28. The number of aliphatic carboxylic acids is 1. The normalized spacial score (nSPS) is 11.0. The quantitative estimate of drug-likeness (QED) is 0.768. The first-order valence-electron chi connectivity index (χ1n) is 7.54. The minimum Gasteiger partial charge on any atom is -0.493 e. The van der Waals surface area contributed by atoms with E-state index in [-0.39, 0.29) is 5.70 Å². The lowest BCUT2D eigenvalue weighted by Gasteiger charge is -2.10. The molecule has 0 heterocycles. The number of carbonyl (C=O) groups excluding carboxylic acids is 1. The van der Waals surface area contributed by atoms with Gasteiger partial charge >= 0.3 is 5.97 Å². The molecule has 2 aromatic carbocycles. The summed E-state index contributed by atoms with van der Waals surface area (Å²) in [4.78, 5) is 22.3. The fourth-order valence-electron chi connectivity index (χ4n) is 2.15. The highest BCUT2D eigenvalue weighted by molar-refractivity contribution is 5.96. The highest BCUT2D eigenvalue weighted by Crippen LogP contribution is 2.21. The molecular formula is C19H19NO4. The van der Waals surface area contributed by atoms with Gasteiger partial charge in [0.15, 0.2) is 0 Å². The van der Waals surface area contributed by atoms with E-state index in [0.29, 0.717) is 17.9 Å². The van der Waals surface area contributed by atoms with Crippen LogP contribution >= 0.6 is 0 Å². The zero-order valence-corrected chi connectivity index (χ0v) is 13.4. The number of hydrogen-bond donors (Lipinski definition) is 2. The van der Waals surface area contributed by atoms with Crippen molar-refractivity contribution in [2.24, 2.45) is 0 Å². The van der Waals surface area contributed by atoms with Crippen LogP contribution in [0.5, 0.6) is 5.75 Å². The summed E-state index contributed by atoms with van der Waals surface area (Å²) < 4.78 is 5.78. The van der Waals surface area contributed by atoms with Crippen LogP contribution in [0.3, 0.4) is 0 Å². The lowest BCUT2D eigenvalue weighted by Crippen LogP contribution is -2.24. The number of benzene rings is 2. The zero-order chi connectivity index (χ0) is 17.4. The van der Waals surface area contributed by atoms with E-state index >= 15 is 0 Å². The van der Waals surface area contributed by atoms with Crippen LogP contribution in [0.15, 0.2) is 60.3 Å². The fraction of sp³-hybridized carbons (Fsp3) is 0.158. The molecule has 0 saturated carbocycles. The molecule has 0 aliphatic rings. The Balaban J connectivity index is 2.11. The molecule has 0 atom stereocenters. The Bertz CT molecular complexity index is 738. The van der Waals surface area contributed by atoms with Gasteiger partial charge in [0.2, 0.25) is 5.91 Å². The fourth-order valence-corrected chi connectivity index (χ4v) is 2.15. The highest BCUT2D eigenvalue weighted by Gasteiger charge is 2.10. The van der Waals surface area contributed by atoms with Gasteiger partial charge in [0, 0.05) is 18.9 Å². The van der Waals surface area contributed by atoms with Crippen molar-refractivity contribution in [1.29, 1.82) is 0 Å². The van der Waals surface area contributed by atoms with Gasteiger partial charge < -0.3 is 15.2 Å². The third-order valence-corrected chi connectivity index (χ3v) is 3.25. The lowest BCUT2D eigenvalue weighted by molar-refractivity contribution is -0.134. The van der Waals surface area contributed by atoms with Gasteiger partial charge in [-0.1, -0.05) is 48.5 Å². The molecule has 0 saturated heterocycles. The van der Waals surface area contributed by atoms with E-state index in [1.54, 1.807) is 18.2 Å². The van der Waals surface area contributed by atoms with Crippen LogP contribution in [-0.2, 0) is 16.0 Å². The first-order valence-corrected chi connectivity index (χ1v) is 7.54. The number of carboxylic acids is 1. The summed E-state index contributed by atoms with van der Waals surface area (Å²) in [6.07, 6.45) is 2.14. The number of para-hydroxylation sites is 1. The van der Waals surface area contributed by atoms with E-state index in [1.807, 2.05) is 36.4 Å². The van der Waals surface area contributed by atoms with E-state index in [1.165, 1.54) is 13.0 Å². The second-order valence-corrected chi connectivity index (χ2v) is 5.17. The Morgan fingerprint density at radius 2 is 1.75 bits per heavy atom. The summed E-state index contributed by atoms with van der Waals surface area (Å²) in [6, 6.07) is 17.0. The van der Waals surface area contributed by atoms with Crippen LogP contribution < -0.4 is 10.1 Å². The van der Waals surface area contributed by atoms with Crippen molar-refractivity contribution in [2.75, 3.05) is 6.61 Å². The summed E-state index contributed by atoms with van der Waals surface area (Å²) in [6.45, 7) is 1.73. The smallest absolute Gasteiger partial charge is 0.352 e. The standard InChI is InChI=1S/C19H19NO4/c1-14(21)20-17(19(22)23)13-16-9-5-6-10-18(16)24-12-11-15-7-3-2-4-8-15/h2-10,13H,11-12H2,1H3,(H,20,21)(H,22,23). The van der Waals surface area contributed by atoms with Crippen LogP contribution in [0.4, 0.5) is 0 Å². The molecule has 0 bridgehead atoms. The molecule has 0 fully saturated rings. The molecule has 0 aliphatic carbocycles. The van der Waals surface area contributed by atoms with Crippen molar-refractivity contribution in [3.05, 3.63) is 71.4 Å². The lowest BCUT2D eigenvalue weighted by atomic mass is 10.1. The monoisotopic (exact) mass is 325 g/mol. The number of rotatable bonds is 7. The van der Waals surface area contributed by atoms with Crippen LogP contribution in [0.1, 0.15) is 18.1 Å². The average molecular weight is 325 g/mol. The predicted molar refractivity (Wildman–Crippen MR) is 91.5 cm³/mol. The van der Waals surface area contributed by atoms with Crippen molar-refractivity contribution >= 4 is 18.0 Å². The molecule has 0 radical (unpaired) electrons. The topological polar surface area (TPSA) is 75.6 Å². The molecule has 0 aliphatic heterocycles. The summed E-state index contributed by atoms with van der Waals surface area (Å²) >= 11 is 0. The molecular weight excluding hydrogens is 306 g/mol. The van der Waals surface area contributed by atoms with Gasteiger partial charge in [-0.3, -0.25) is 4.79 Å². The summed E-state index contributed by atoms with van der Waals surface area (Å²) in [5.41, 5.74) is 1.56. The molecule has 2 aromatic rings. The Kier molecular flexibility index (Phi) is 6.14. The van der Waals surface area contributed by atoms with Gasteiger partial charge in [0.05, 0.1) is 6.61 Å². The molecule has 0 aromatic heterocycles. The highest BCUT2D eigenvalue weighted by atomic mass is 16.5. The molecule has 0 spiro atoms. The van der Waals surface area contributed by atoms with Crippen molar-refractivity contribution in [3.8, 4) is 5.75 Å². The largest absolute Gasteiger partial charge is 0.493 e. The molecule has 24 heavy (non-hydrogen) atoms. The second kappa shape index (κ2) is 8.53. The van der Waals surface area contributed by atoms with E-state index in [9.17, 15) is 14.7 Å². The summed E-state index contributed by atoms with van der Waals surface area (Å²) in [7, 11) is 0. The average Bonchev–Trinajstić information content (AvgIpc) is 2.56. The number of nitrogens with one attached hydrogen (secondary N) is 1. The third-order valence-electron chi connectivity index (χ3n) is 3.25. The van der Waals surface area contributed by atoms with Crippen molar-refractivity contribution in [1.82, 2.24) is 5.32 Å². The number of carboxylic acid groups (broad SMARTS) is 1. The van der Waals surface area contributed by atoms with Gasteiger partial charge in [-0.15, -0.1) is 0 Å². The molecule has 5 nitrogen and oxygen atoms in total. The van der Waals surface area contributed by atoms with Gasteiger partial charge in [0.1, 0.15) is 11.4 Å². The SMILES string of the molecule is CC(=O)NC(=Cc1ccccc1OCCc1ccccc1)C(=O)O. The van der Waals surface area contributed by atoms with Gasteiger partial charge in [0.25, 0.3) is 0 Å². The van der Waals surface area contributed by atoms with E-state index in [2.05, 4.69) is 5.32 Å². The van der Waals surface area contributed by atoms with Crippen LogP contribution in [0.2, 0.25) is 0 Å². The number of hydrogen-bond acceptors (Lipinski definition) is 3. The van der Waals surface area contributed by atoms with Crippen molar-refractivity contribution in [2.45, 2.75) is 13.3 Å². The number of amides is 1. The van der Waals surface area contributed by atoms with Crippen molar-refractivity contribution < 1.29 is 19.4 Å². The minimum absolute atomic E-state index is 0.193.